The standard InChI is InChI=1S/C24H26N2O4S2/c1-14(18-13-17(28-3)11-12-19(18)29-4)25-24(31)26-22-21(23(27)30-5)20(15(2)32-22)16-9-7-6-8-10-16/h6-14H,1-5H3,(H2,25,26,31). The topological polar surface area (TPSA) is 68.8 Å². The number of methoxy groups -OCH3 is 3. The van der Waals surface area contributed by atoms with E-state index in [9.17, 15) is 4.79 Å². The van der Waals surface area contributed by atoms with E-state index in [2.05, 4.69) is 10.6 Å². The Bertz CT molecular complexity index is 1110. The summed E-state index contributed by atoms with van der Waals surface area (Å²) in [6.45, 7) is 3.95. The molecule has 1 aromatic heterocycles. The maximum atomic E-state index is 12.7. The van der Waals surface area contributed by atoms with Crippen molar-refractivity contribution in [2.24, 2.45) is 0 Å². The van der Waals surface area contributed by atoms with Crippen LogP contribution in [0.2, 0.25) is 0 Å². The second-order valence-corrected chi connectivity index (χ2v) is 8.66. The average molecular weight is 471 g/mol. The van der Waals surface area contributed by atoms with Crippen LogP contribution in [0.15, 0.2) is 48.5 Å². The van der Waals surface area contributed by atoms with Gasteiger partial charge in [0.25, 0.3) is 0 Å². The first-order valence-electron chi connectivity index (χ1n) is 9.96. The summed E-state index contributed by atoms with van der Waals surface area (Å²) in [5, 5.41) is 7.47. The fourth-order valence-corrected chi connectivity index (χ4v) is 4.89. The number of anilines is 1. The van der Waals surface area contributed by atoms with E-state index in [1.165, 1.54) is 18.4 Å². The highest BCUT2D eigenvalue weighted by molar-refractivity contribution is 7.80. The minimum Gasteiger partial charge on any atom is -0.497 e. The molecular weight excluding hydrogens is 444 g/mol. The third-order valence-corrected chi connectivity index (χ3v) is 6.25. The van der Waals surface area contributed by atoms with Gasteiger partial charge < -0.3 is 24.8 Å². The SMILES string of the molecule is COC(=O)c1c(NC(=S)NC(C)c2cc(OC)ccc2OC)sc(C)c1-c1ccccc1. The van der Waals surface area contributed by atoms with Crippen LogP contribution >= 0.6 is 23.6 Å². The molecule has 2 N–H and O–H groups in total. The molecule has 0 amide bonds. The van der Waals surface area contributed by atoms with Gasteiger partial charge in [0.15, 0.2) is 5.11 Å². The second-order valence-electron chi connectivity index (χ2n) is 7.02. The Labute approximate surface area is 197 Å². The molecule has 6 nitrogen and oxygen atoms in total. The molecule has 1 heterocycles. The minimum atomic E-state index is -0.416. The van der Waals surface area contributed by atoms with Crippen LogP contribution in [-0.4, -0.2) is 32.4 Å². The molecule has 3 rings (SSSR count). The summed E-state index contributed by atoms with van der Waals surface area (Å²) >= 11 is 7.03. The molecule has 0 saturated carbocycles. The van der Waals surface area contributed by atoms with Gasteiger partial charge in [0, 0.05) is 16.0 Å². The van der Waals surface area contributed by atoms with E-state index in [4.69, 9.17) is 26.4 Å². The van der Waals surface area contributed by atoms with Crippen molar-refractivity contribution >= 4 is 39.6 Å². The summed E-state index contributed by atoms with van der Waals surface area (Å²) in [6, 6.07) is 15.2. The number of thiophene rings is 1. The van der Waals surface area contributed by atoms with Gasteiger partial charge in [0.05, 0.1) is 27.4 Å². The lowest BCUT2D eigenvalue weighted by molar-refractivity contribution is 0.0603. The van der Waals surface area contributed by atoms with Crippen LogP contribution in [0.5, 0.6) is 11.5 Å². The predicted octanol–water partition coefficient (Wildman–Crippen LogP) is 5.57. The summed E-state index contributed by atoms with van der Waals surface area (Å²) in [5.74, 6) is 1.03. The van der Waals surface area contributed by atoms with Gasteiger partial charge in [0.2, 0.25) is 0 Å². The van der Waals surface area contributed by atoms with Gasteiger partial charge in [-0.1, -0.05) is 30.3 Å². The highest BCUT2D eigenvalue weighted by Crippen LogP contribution is 2.40. The van der Waals surface area contributed by atoms with E-state index >= 15 is 0 Å². The van der Waals surface area contributed by atoms with Crippen molar-refractivity contribution in [3.63, 3.8) is 0 Å². The predicted molar refractivity (Wildman–Crippen MR) is 133 cm³/mol. The van der Waals surface area contributed by atoms with E-state index in [1.807, 2.05) is 62.4 Å². The Morgan fingerprint density at radius 2 is 1.78 bits per heavy atom. The summed E-state index contributed by atoms with van der Waals surface area (Å²) < 4.78 is 15.9. The largest absolute Gasteiger partial charge is 0.497 e. The van der Waals surface area contributed by atoms with E-state index in [0.717, 1.165) is 33.1 Å². The molecule has 32 heavy (non-hydrogen) atoms. The van der Waals surface area contributed by atoms with Gasteiger partial charge in [-0.3, -0.25) is 0 Å². The van der Waals surface area contributed by atoms with Gasteiger partial charge in [-0.25, -0.2) is 4.79 Å². The van der Waals surface area contributed by atoms with E-state index in [1.54, 1.807) is 14.2 Å². The van der Waals surface area contributed by atoms with Gasteiger partial charge in [0.1, 0.15) is 22.1 Å². The minimum absolute atomic E-state index is 0.170. The number of esters is 1. The average Bonchev–Trinajstić information content (AvgIpc) is 3.13. The van der Waals surface area contributed by atoms with Crippen molar-refractivity contribution in [2.45, 2.75) is 19.9 Å². The number of benzene rings is 2. The lowest BCUT2D eigenvalue weighted by Gasteiger charge is -2.20. The summed E-state index contributed by atoms with van der Waals surface area (Å²) in [7, 11) is 4.62. The molecule has 3 aromatic rings. The number of ether oxygens (including phenoxy) is 3. The first-order valence-corrected chi connectivity index (χ1v) is 11.2. The van der Waals surface area contributed by atoms with Crippen molar-refractivity contribution in [2.75, 3.05) is 26.6 Å². The Balaban J connectivity index is 1.88. The maximum absolute atomic E-state index is 12.7. The fourth-order valence-electron chi connectivity index (χ4n) is 3.47. The second kappa shape index (κ2) is 10.5. The Morgan fingerprint density at radius 1 is 1.06 bits per heavy atom. The molecular formula is C24H26N2O4S2. The van der Waals surface area contributed by atoms with Crippen molar-refractivity contribution in [1.29, 1.82) is 0 Å². The van der Waals surface area contributed by atoms with E-state index < -0.39 is 5.97 Å². The first kappa shape index (κ1) is 23.6. The number of aryl methyl sites for hydroxylation is 1. The molecule has 0 saturated heterocycles. The molecule has 168 valence electrons. The van der Waals surface area contributed by atoms with Crippen molar-refractivity contribution < 1.29 is 19.0 Å². The lowest BCUT2D eigenvalue weighted by Crippen LogP contribution is -2.31. The molecule has 8 heteroatoms. The van der Waals surface area contributed by atoms with Crippen LogP contribution in [0, 0.1) is 6.92 Å². The summed E-state index contributed by atoms with van der Waals surface area (Å²) in [6.07, 6.45) is 0. The van der Waals surface area contributed by atoms with Crippen molar-refractivity contribution in [3.8, 4) is 22.6 Å². The Kier molecular flexibility index (Phi) is 7.71. The van der Waals surface area contributed by atoms with Gasteiger partial charge >= 0.3 is 5.97 Å². The highest BCUT2D eigenvalue weighted by Gasteiger charge is 2.25. The van der Waals surface area contributed by atoms with Gasteiger partial charge in [-0.2, -0.15) is 0 Å². The van der Waals surface area contributed by atoms with Crippen LogP contribution in [0.4, 0.5) is 5.00 Å². The maximum Gasteiger partial charge on any atom is 0.341 e. The Morgan fingerprint density at radius 3 is 2.41 bits per heavy atom. The molecule has 0 spiro atoms. The van der Waals surface area contributed by atoms with E-state index in [0.29, 0.717) is 15.7 Å². The zero-order chi connectivity index (χ0) is 23.3. The fraction of sp³-hybridized carbons (Fsp3) is 0.250. The summed E-state index contributed by atoms with van der Waals surface area (Å²) in [4.78, 5) is 13.7. The van der Waals surface area contributed by atoms with Crippen molar-refractivity contribution in [3.05, 3.63) is 64.5 Å². The number of hydrogen-bond acceptors (Lipinski definition) is 6. The van der Waals surface area contributed by atoms with Crippen LogP contribution < -0.4 is 20.1 Å². The lowest BCUT2D eigenvalue weighted by atomic mass is 10.0. The number of hydrogen-bond donors (Lipinski definition) is 2. The molecule has 0 bridgehead atoms. The molecule has 0 radical (unpaired) electrons. The molecule has 0 aliphatic carbocycles. The normalized spacial score (nSPS) is 11.4. The zero-order valence-electron chi connectivity index (χ0n) is 18.6. The molecule has 1 unspecified atom stereocenters. The molecule has 1 atom stereocenters. The number of thiocarbonyl (C=S) groups is 1. The quantitative estimate of drug-likeness (QED) is 0.345. The van der Waals surface area contributed by atoms with Crippen LogP contribution in [-0.2, 0) is 4.74 Å². The van der Waals surface area contributed by atoms with Gasteiger partial charge in [-0.05, 0) is 49.8 Å². The molecule has 0 aliphatic heterocycles. The number of carbonyl (C=O) groups excluding carboxylic acids is 1. The smallest absolute Gasteiger partial charge is 0.341 e. The van der Waals surface area contributed by atoms with E-state index in [-0.39, 0.29) is 6.04 Å². The Hall–Kier alpha value is -3.10. The third-order valence-electron chi connectivity index (χ3n) is 5.01. The van der Waals surface area contributed by atoms with Crippen molar-refractivity contribution in [1.82, 2.24) is 5.32 Å². The number of rotatable bonds is 7. The molecule has 2 aromatic carbocycles. The van der Waals surface area contributed by atoms with Crippen LogP contribution in [0.25, 0.3) is 11.1 Å². The first-order chi connectivity index (χ1) is 15.4. The molecule has 0 aliphatic rings. The van der Waals surface area contributed by atoms with Crippen LogP contribution in [0.3, 0.4) is 0 Å². The van der Waals surface area contributed by atoms with Crippen LogP contribution in [0.1, 0.15) is 33.8 Å². The number of nitrogens with one attached hydrogen (secondary N) is 2. The van der Waals surface area contributed by atoms with Gasteiger partial charge in [-0.15, -0.1) is 11.3 Å². The number of carbonyl (C=O) groups is 1. The monoisotopic (exact) mass is 470 g/mol. The summed E-state index contributed by atoms with van der Waals surface area (Å²) in [5.41, 5.74) is 3.16. The third kappa shape index (κ3) is 5.03. The molecule has 0 fully saturated rings. The zero-order valence-corrected chi connectivity index (χ0v) is 20.3. The highest BCUT2D eigenvalue weighted by atomic mass is 32.1.